The number of carbonyl (C=O) groups excluding carboxylic acids is 1. The van der Waals surface area contributed by atoms with Crippen LogP contribution in [-0.2, 0) is 17.0 Å². The summed E-state index contributed by atoms with van der Waals surface area (Å²) in [4.78, 5) is 25.0. The molecule has 0 spiro atoms. The molecule has 1 unspecified atom stereocenters. The number of hydrogen-bond donors (Lipinski definition) is 0. The molecule has 2 aliphatic heterocycles. The van der Waals surface area contributed by atoms with E-state index >= 15 is 0 Å². The lowest BCUT2D eigenvalue weighted by molar-refractivity contribution is -0.810. The highest BCUT2D eigenvalue weighted by atomic mass is 35.5. The Balaban J connectivity index is 1.40. The van der Waals surface area contributed by atoms with Gasteiger partial charge >= 0.3 is 5.91 Å². The summed E-state index contributed by atoms with van der Waals surface area (Å²) in [5, 5.41) is 14.1. The number of piperazine rings is 1. The first-order valence-corrected chi connectivity index (χ1v) is 12.0. The number of aromatic nitrogens is 2. The first kappa shape index (κ1) is 21.6. The molecule has 4 heterocycles. The van der Waals surface area contributed by atoms with Gasteiger partial charge in [0.25, 0.3) is 0 Å². The van der Waals surface area contributed by atoms with Crippen molar-refractivity contribution in [1.82, 2.24) is 14.9 Å². The predicted octanol–water partition coefficient (Wildman–Crippen LogP) is 4.22. The van der Waals surface area contributed by atoms with Crippen molar-refractivity contribution in [3.05, 3.63) is 93.7 Å². The minimum absolute atomic E-state index is 0.0579. The summed E-state index contributed by atoms with van der Waals surface area (Å²) < 4.78 is -0.789. The van der Waals surface area contributed by atoms with Gasteiger partial charge in [0.05, 0.1) is 31.2 Å². The molecule has 0 aliphatic carbocycles. The van der Waals surface area contributed by atoms with Crippen molar-refractivity contribution in [2.24, 2.45) is 0 Å². The van der Waals surface area contributed by atoms with Crippen molar-refractivity contribution >= 4 is 29.3 Å². The Kier molecular flexibility index (Phi) is 6.01. The summed E-state index contributed by atoms with van der Waals surface area (Å²) in [6.07, 6.45) is 5.26. The Hall–Kier alpha value is -2.29. The maximum atomic E-state index is 13.4. The second kappa shape index (κ2) is 8.92. The van der Waals surface area contributed by atoms with Crippen LogP contribution in [0, 0.1) is 5.21 Å². The van der Waals surface area contributed by atoms with E-state index in [-0.39, 0.29) is 31.5 Å². The predicted molar refractivity (Wildman–Crippen MR) is 125 cm³/mol. The SMILES string of the molecule is O=C(Cc1ccncc1)[N+]1([O-])CCN(C2c3ccc(Cl)cc3SCc3cccnc32)CC1. The standard InChI is InChI=1S/C24H23ClN4O2S/c25-19-3-4-20-21(15-19)32-16-18-2-1-7-27-23(18)24(20)28-10-12-29(31,13-11-28)22(30)14-17-5-8-26-9-6-17/h1-9,15,24H,10-14,16H2. The highest BCUT2D eigenvalue weighted by molar-refractivity contribution is 7.98. The summed E-state index contributed by atoms with van der Waals surface area (Å²) in [7, 11) is 0. The lowest BCUT2D eigenvalue weighted by atomic mass is 9.97. The van der Waals surface area contributed by atoms with Crippen molar-refractivity contribution in [2.45, 2.75) is 23.1 Å². The number of quaternary nitrogens is 1. The third-order valence-electron chi connectivity index (χ3n) is 6.26. The number of fused-ring (bicyclic) bond motifs is 2. The Morgan fingerprint density at radius 2 is 1.94 bits per heavy atom. The largest absolute Gasteiger partial charge is 0.625 e. The van der Waals surface area contributed by atoms with E-state index in [1.807, 2.05) is 24.4 Å². The normalized spacial score (nSPS) is 20.1. The number of halogens is 1. The molecule has 0 bridgehead atoms. The van der Waals surface area contributed by atoms with E-state index in [0.717, 1.165) is 27.5 Å². The number of nitrogens with zero attached hydrogens (tertiary/aromatic N) is 4. The van der Waals surface area contributed by atoms with E-state index in [0.29, 0.717) is 18.1 Å². The van der Waals surface area contributed by atoms with Crippen LogP contribution in [0.3, 0.4) is 0 Å². The number of amides is 1. The highest BCUT2D eigenvalue weighted by Gasteiger charge is 2.38. The lowest BCUT2D eigenvalue weighted by Crippen LogP contribution is -2.60. The fourth-order valence-corrected chi connectivity index (χ4v) is 5.83. The van der Waals surface area contributed by atoms with E-state index < -0.39 is 4.65 Å². The summed E-state index contributed by atoms with van der Waals surface area (Å²) in [6, 6.07) is 13.6. The van der Waals surface area contributed by atoms with Crippen molar-refractivity contribution in [1.29, 1.82) is 0 Å². The van der Waals surface area contributed by atoms with Crippen LogP contribution in [0.15, 0.2) is 66.0 Å². The fraction of sp³-hybridized carbons (Fsp3) is 0.292. The summed E-state index contributed by atoms with van der Waals surface area (Å²) in [5.74, 6) is 0.533. The molecule has 1 saturated heterocycles. The zero-order valence-corrected chi connectivity index (χ0v) is 19.1. The second-order valence-corrected chi connectivity index (χ2v) is 9.67. The first-order chi connectivity index (χ1) is 15.5. The van der Waals surface area contributed by atoms with Crippen LogP contribution in [0.25, 0.3) is 0 Å². The third kappa shape index (κ3) is 4.19. The molecular weight excluding hydrogens is 444 g/mol. The lowest BCUT2D eigenvalue weighted by Gasteiger charge is -2.47. The smallest absolute Gasteiger partial charge is 0.318 e. The van der Waals surface area contributed by atoms with E-state index in [2.05, 4.69) is 22.0 Å². The van der Waals surface area contributed by atoms with Gasteiger partial charge in [-0.05, 0) is 47.0 Å². The zero-order chi connectivity index (χ0) is 22.1. The van der Waals surface area contributed by atoms with E-state index in [9.17, 15) is 10.0 Å². The van der Waals surface area contributed by atoms with Gasteiger partial charge in [0, 0.05) is 47.4 Å². The number of rotatable bonds is 3. The molecule has 1 amide bonds. The van der Waals surface area contributed by atoms with Gasteiger partial charge in [0.1, 0.15) is 0 Å². The summed E-state index contributed by atoms with van der Waals surface area (Å²) >= 11 is 8.05. The number of pyridine rings is 2. The van der Waals surface area contributed by atoms with Crippen LogP contribution in [0.1, 0.15) is 28.4 Å². The van der Waals surface area contributed by atoms with Crippen LogP contribution < -0.4 is 0 Å². The molecule has 0 radical (unpaired) electrons. The minimum atomic E-state index is -0.789. The molecule has 2 aromatic heterocycles. The molecule has 8 heteroatoms. The van der Waals surface area contributed by atoms with E-state index in [4.69, 9.17) is 16.6 Å². The van der Waals surface area contributed by atoms with Crippen molar-refractivity contribution < 1.29 is 9.44 Å². The molecule has 1 atom stereocenters. The molecule has 0 saturated carbocycles. The van der Waals surface area contributed by atoms with Crippen LogP contribution >= 0.6 is 23.4 Å². The Bertz CT molecular complexity index is 1140. The Labute approximate surface area is 196 Å². The average molecular weight is 467 g/mol. The van der Waals surface area contributed by atoms with Gasteiger partial charge in [-0.1, -0.05) is 23.7 Å². The first-order valence-electron chi connectivity index (χ1n) is 10.6. The van der Waals surface area contributed by atoms with Gasteiger partial charge in [0.2, 0.25) is 0 Å². The van der Waals surface area contributed by atoms with Gasteiger partial charge in [-0.25, -0.2) is 4.79 Å². The van der Waals surface area contributed by atoms with Crippen LogP contribution in [0.5, 0.6) is 0 Å². The van der Waals surface area contributed by atoms with Gasteiger partial charge in [-0.15, -0.1) is 11.8 Å². The quantitative estimate of drug-likeness (QED) is 0.425. The molecule has 5 rings (SSSR count). The minimum Gasteiger partial charge on any atom is -0.625 e. The number of thioether (sulfide) groups is 1. The van der Waals surface area contributed by atoms with Gasteiger partial charge in [-0.2, -0.15) is 0 Å². The molecular formula is C24H23ClN4O2S. The topological polar surface area (TPSA) is 69.2 Å². The highest BCUT2D eigenvalue weighted by Crippen LogP contribution is 2.42. The van der Waals surface area contributed by atoms with Crippen LogP contribution in [-0.4, -0.2) is 51.6 Å². The van der Waals surface area contributed by atoms with Crippen molar-refractivity contribution in [3.8, 4) is 0 Å². The van der Waals surface area contributed by atoms with Crippen LogP contribution in [0.2, 0.25) is 5.02 Å². The molecule has 164 valence electrons. The van der Waals surface area contributed by atoms with Gasteiger partial charge in [0.15, 0.2) is 0 Å². The molecule has 6 nitrogen and oxygen atoms in total. The second-order valence-electron chi connectivity index (χ2n) is 8.22. The van der Waals surface area contributed by atoms with Crippen LogP contribution in [0.4, 0.5) is 0 Å². The van der Waals surface area contributed by atoms with Crippen molar-refractivity contribution in [2.75, 3.05) is 26.2 Å². The Morgan fingerprint density at radius 1 is 1.16 bits per heavy atom. The maximum absolute atomic E-state index is 13.4. The summed E-state index contributed by atoms with van der Waals surface area (Å²) in [5.41, 5.74) is 4.20. The van der Waals surface area contributed by atoms with Gasteiger partial charge in [-0.3, -0.25) is 19.5 Å². The molecule has 1 aromatic carbocycles. The van der Waals surface area contributed by atoms with E-state index in [1.165, 1.54) is 5.56 Å². The number of benzene rings is 1. The number of hydrogen-bond acceptors (Lipinski definition) is 6. The Morgan fingerprint density at radius 3 is 2.72 bits per heavy atom. The molecule has 1 fully saturated rings. The third-order valence-corrected chi connectivity index (χ3v) is 7.61. The molecule has 0 N–H and O–H groups in total. The molecule has 32 heavy (non-hydrogen) atoms. The molecule has 2 aliphatic rings. The monoisotopic (exact) mass is 466 g/mol. The average Bonchev–Trinajstić information content (AvgIpc) is 2.97. The number of carbonyl (C=O) groups is 1. The van der Waals surface area contributed by atoms with Crippen molar-refractivity contribution in [3.63, 3.8) is 0 Å². The number of hydroxylamine groups is 3. The molecule has 3 aromatic rings. The summed E-state index contributed by atoms with van der Waals surface area (Å²) in [6.45, 7) is 1.52. The zero-order valence-electron chi connectivity index (χ0n) is 17.5. The fourth-order valence-electron chi connectivity index (χ4n) is 4.48. The van der Waals surface area contributed by atoms with E-state index in [1.54, 1.807) is 36.3 Å². The van der Waals surface area contributed by atoms with Gasteiger partial charge < -0.3 is 5.21 Å². The maximum Gasteiger partial charge on any atom is 0.318 e.